The van der Waals surface area contributed by atoms with Crippen LogP contribution in [0.15, 0.2) is 40.9 Å². The number of hydrogen-bond donors (Lipinski definition) is 2. The maximum absolute atomic E-state index is 9.36. The standard InChI is InChI=1S/C15H16BrNO/c1-10-7-12(3-5-14(10)16)9-17-15-6-4-13(18)8-11(15)2/h3-8,17-18H,9H2,1-2H3. The van der Waals surface area contributed by atoms with Crippen LogP contribution in [0.4, 0.5) is 5.69 Å². The van der Waals surface area contributed by atoms with Crippen LogP contribution in [0.1, 0.15) is 16.7 Å². The van der Waals surface area contributed by atoms with Gasteiger partial charge in [0.25, 0.3) is 0 Å². The first kappa shape index (κ1) is 13.0. The van der Waals surface area contributed by atoms with E-state index >= 15 is 0 Å². The number of phenols is 1. The SMILES string of the molecule is Cc1cc(CNc2ccc(O)cc2C)ccc1Br. The lowest BCUT2D eigenvalue weighted by atomic mass is 10.1. The number of phenolic OH excluding ortho intramolecular Hbond substituents is 1. The Kier molecular flexibility index (Phi) is 3.92. The molecule has 0 aromatic heterocycles. The van der Waals surface area contributed by atoms with Gasteiger partial charge in [-0.05, 0) is 54.8 Å². The molecule has 0 aliphatic heterocycles. The van der Waals surface area contributed by atoms with E-state index in [4.69, 9.17) is 0 Å². The van der Waals surface area contributed by atoms with Crippen molar-refractivity contribution in [3.63, 3.8) is 0 Å². The van der Waals surface area contributed by atoms with Crippen LogP contribution in [-0.4, -0.2) is 5.11 Å². The third-order valence-corrected chi connectivity index (χ3v) is 3.81. The van der Waals surface area contributed by atoms with Crippen LogP contribution in [-0.2, 0) is 6.54 Å². The fourth-order valence-electron chi connectivity index (χ4n) is 1.86. The van der Waals surface area contributed by atoms with Crippen molar-refractivity contribution in [2.45, 2.75) is 20.4 Å². The van der Waals surface area contributed by atoms with Gasteiger partial charge in [0.1, 0.15) is 5.75 Å². The van der Waals surface area contributed by atoms with Crippen LogP contribution >= 0.6 is 15.9 Å². The first-order valence-corrected chi connectivity index (χ1v) is 6.64. The fraction of sp³-hybridized carbons (Fsp3) is 0.200. The molecule has 2 rings (SSSR count). The van der Waals surface area contributed by atoms with E-state index < -0.39 is 0 Å². The molecule has 0 heterocycles. The quantitative estimate of drug-likeness (QED) is 0.825. The summed E-state index contributed by atoms with van der Waals surface area (Å²) in [5.74, 6) is 0.303. The minimum Gasteiger partial charge on any atom is -0.508 e. The third-order valence-electron chi connectivity index (χ3n) is 2.92. The van der Waals surface area contributed by atoms with Crippen molar-refractivity contribution in [1.82, 2.24) is 0 Å². The normalized spacial score (nSPS) is 10.4. The number of aryl methyl sites for hydroxylation is 2. The van der Waals surface area contributed by atoms with Gasteiger partial charge in [0.2, 0.25) is 0 Å². The first-order chi connectivity index (χ1) is 8.56. The highest BCUT2D eigenvalue weighted by Crippen LogP contribution is 2.22. The Balaban J connectivity index is 2.09. The average Bonchev–Trinajstić information content (AvgIpc) is 2.32. The molecule has 0 atom stereocenters. The minimum atomic E-state index is 0.303. The molecule has 2 N–H and O–H groups in total. The zero-order valence-corrected chi connectivity index (χ0v) is 12.1. The van der Waals surface area contributed by atoms with Gasteiger partial charge >= 0.3 is 0 Å². The lowest BCUT2D eigenvalue weighted by Gasteiger charge is -2.10. The molecule has 0 bridgehead atoms. The summed E-state index contributed by atoms with van der Waals surface area (Å²) in [6.45, 7) is 4.84. The van der Waals surface area contributed by atoms with Crippen LogP contribution in [0.3, 0.4) is 0 Å². The molecule has 0 fully saturated rings. The molecule has 18 heavy (non-hydrogen) atoms. The molecule has 0 spiro atoms. The number of benzene rings is 2. The second kappa shape index (κ2) is 5.44. The topological polar surface area (TPSA) is 32.3 Å². The van der Waals surface area contributed by atoms with E-state index in [0.717, 1.165) is 22.3 Å². The molecule has 0 aliphatic carbocycles. The van der Waals surface area contributed by atoms with Crippen molar-refractivity contribution in [2.75, 3.05) is 5.32 Å². The number of nitrogens with one attached hydrogen (secondary N) is 1. The van der Waals surface area contributed by atoms with E-state index in [2.05, 4.69) is 46.4 Å². The van der Waals surface area contributed by atoms with E-state index in [-0.39, 0.29) is 0 Å². The van der Waals surface area contributed by atoms with Crippen molar-refractivity contribution in [3.05, 3.63) is 57.6 Å². The van der Waals surface area contributed by atoms with Crippen molar-refractivity contribution in [2.24, 2.45) is 0 Å². The molecule has 0 saturated heterocycles. The highest BCUT2D eigenvalue weighted by atomic mass is 79.9. The van der Waals surface area contributed by atoms with E-state index in [1.807, 2.05) is 13.0 Å². The van der Waals surface area contributed by atoms with Gasteiger partial charge < -0.3 is 10.4 Å². The largest absolute Gasteiger partial charge is 0.508 e. The van der Waals surface area contributed by atoms with Crippen LogP contribution in [0.2, 0.25) is 0 Å². The predicted octanol–water partition coefficient (Wildman–Crippen LogP) is 4.38. The minimum absolute atomic E-state index is 0.303. The summed E-state index contributed by atoms with van der Waals surface area (Å²) < 4.78 is 1.13. The van der Waals surface area contributed by atoms with Gasteiger partial charge in [-0.3, -0.25) is 0 Å². The van der Waals surface area contributed by atoms with Crippen LogP contribution in [0, 0.1) is 13.8 Å². The molecule has 0 saturated carbocycles. The summed E-state index contributed by atoms with van der Waals surface area (Å²) in [6.07, 6.45) is 0. The molecular weight excluding hydrogens is 290 g/mol. The Morgan fingerprint density at radius 3 is 2.50 bits per heavy atom. The van der Waals surface area contributed by atoms with E-state index in [1.165, 1.54) is 11.1 Å². The number of hydrogen-bond acceptors (Lipinski definition) is 2. The highest BCUT2D eigenvalue weighted by Gasteiger charge is 2.01. The molecule has 0 radical (unpaired) electrons. The molecule has 2 aromatic rings. The zero-order valence-electron chi connectivity index (χ0n) is 10.5. The predicted molar refractivity (Wildman–Crippen MR) is 79.0 cm³/mol. The lowest BCUT2D eigenvalue weighted by molar-refractivity contribution is 0.475. The third kappa shape index (κ3) is 3.05. The van der Waals surface area contributed by atoms with Gasteiger partial charge in [0, 0.05) is 16.7 Å². The maximum Gasteiger partial charge on any atom is 0.115 e. The molecule has 94 valence electrons. The monoisotopic (exact) mass is 305 g/mol. The van der Waals surface area contributed by atoms with Crippen molar-refractivity contribution < 1.29 is 5.11 Å². The van der Waals surface area contributed by atoms with Gasteiger partial charge in [-0.2, -0.15) is 0 Å². The van der Waals surface area contributed by atoms with Gasteiger partial charge in [-0.25, -0.2) is 0 Å². The van der Waals surface area contributed by atoms with Gasteiger partial charge in [0.15, 0.2) is 0 Å². The average molecular weight is 306 g/mol. The summed E-state index contributed by atoms with van der Waals surface area (Å²) in [5.41, 5.74) is 4.57. The second-order valence-electron chi connectivity index (χ2n) is 4.44. The Labute approximate surface area is 116 Å². The Bertz CT molecular complexity index is 566. The Hall–Kier alpha value is -1.48. The summed E-state index contributed by atoms with van der Waals surface area (Å²) in [5, 5.41) is 12.7. The summed E-state index contributed by atoms with van der Waals surface area (Å²) >= 11 is 3.50. The highest BCUT2D eigenvalue weighted by molar-refractivity contribution is 9.10. The molecular formula is C15H16BrNO. The van der Waals surface area contributed by atoms with Crippen molar-refractivity contribution in [3.8, 4) is 5.75 Å². The maximum atomic E-state index is 9.36. The molecule has 3 heteroatoms. The van der Waals surface area contributed by atoms with E-state index in [1.54, 1.807) is 12.1 Å². The molecule has 0 amide bonds. The molecule has 2 nitrogen and oxygen atoms in total. The van der Waals surface area contributed by atoms with Gasteiger partial charge in [0.05, 0.1) is 0 Å². The zero-order chi connectivity index (χ0) is 13.1. The summed E-state index contributed by atoms with van der Waals surface area (Å²) in [4.78, 5) is 0. The fourth-order valence-corrected chi connectivity index (χ4v) is 2.11. The van der Waals surface area contributed by atoms with Crippen LogP contribution in [0.5, 0.6) is 5.75 Å². The van der Waals surface area contributed by atoms with Crippen molar-refractivity contribution in [1.29, 1.82) is 0 Å². The van der Waals surface area contributed by atoms with Crippen LogP contribution in [0.25, 0.3) is 0 Å². The second-order valence-corrected chi connectivity index (χ2v) is 5.29. The number of rotatable bonds is 3. The summed E-state index contributed by atoms with van der Waals surface area (Å²) in [6, 6.07) is 11.7. The van der Waals surface area contributed by atoms with Gasteiger partial charge in [-0.15, -0.1) is 0 Å². The number of halogens is 1. The van der Waals surface area contributed by atoms with E-state index in [0.29, 0.717) is 5.75 Å². The van der Waals surface area contributed by atoms with Crippen LogP contribution < -0.4 is 5.32 Å². The smallest absolute Gasteiger partial charge is 0.115 e. The Morgan fingerprint density at radius 1 is 1.06 bits per heavy atom. The Morgan fingerprint density at radius 2 is 1.83 bits per heavy atom. The summed E-state index contributed by atoms with van der Waals surface area (Å²) in [7, 11) is 0. The van der Waals surface area contributed by atoms with E-state index in [9.17, 15) is 5.11 Å². The van der Waals surface area contributed by atoms with Crippen molar-refractivity contribution >= 4 is 21.6 Å². The number of anilines is 1. The van der Waals surface area contributed by atoms with Gasteiger partial charge in [-0.1, -0.05) is 28.1 Å². The molecule has 2 aromatic carbocycles. The first-order valence-electron chi connectivity index (χ1n) is 5.85. The molecule has 0 unspecified atom stereocenters. The lowest BCUT2D eigenvalue weighted by Crippen LogP contribution is -2.01. The number of aromatic hydroxyl groups is 1. The molecule has 0 aliphatic rings.